The molecule has 116 valence electrons. The number of anilines is 1. The number of amides is 2. The van der Waals surface area contributed by atoms with Crippen LogP contribution in [-0.2, 0) is 9.59 Å². The lowest BCUT2D eigenvalue weighted by molar-refractivity contribution is -0.136. The normalized spacial score (nSPS) is 11.8. The summed E-state index contributed by atoms with van der Waals surface area (Å²) in [6.45, 7) is 1.44. The minimum atomic E-state index is -0.979. The number of furan rings is 1. The van der Waals surface area contributed by atoms with Gasteiger partial charge in [-0.3, -0.25) is 9.59 Å². The first kappa shape index (κ1) is 15.7. The number of halogens is 1. The maximum atomic E-state index is 13.3. The van der Waals surface area contributed by atoms with E-state index in [1.807, 2.05) is 0 Å². The van der Waals surface area contributed by atoms with Crippen LogP contribution in [0.25, 0.3) is 0 Å². The van der Waals surface area contributed by atoms with Gasteiger partial charge in [0.1, 0.15) is 5.82 Å². The van der Waals surface area contributed by atoms with E-state index in [0.29, 0.717) is 11.1 Å². The van der Waals surface area contributed by atoms with Crippen LogP contribution in [0.4, 0.5) is 10.1 Å². The average molecular weight is 306 g/mol. The summed E-state index contributed by atoms with van der Waals surface area (Å²) in [6, 6.07) is 5.65. The van der Waals surface area contributed by atoms with Crippen molar-refractivity contribution in [3.8, 4) is 0 Å². The highest BCUT2D eigenvalue weighted by Crippen LogP contribution is 2.14. The monoisotopic (exact) mass is 306 g/mol. The van der Waals surface area contributed by atoms with Gasteiger partial charge in [-0.2, -0.15) is 0 Å². The highest BCUT2D eigenvalue weighted by molar-refractivity contribution is 6.39. The molecular weight excluding hydrogens is 291 g/mol. The molecule has 0 spiro atoms. The number of benzene rings is 1. The molecule has 3 N–H and O–H groups in total. The zero-order valence-electron chi connectivity index (χ0n) is 11.8. The van der Waals surface area contributed by atoms with Crippen molar-refractivity contribution < 1.29 is 23.5 Å². The van der Waals surface area contributed by atoms with Crippen molar-refractivity contribution >= 4 is 17.5 Å². The molecule has 1 aromatic carbocycles. The summed E-state index contributed by atoms with van der Waals surface area (Å²) in [6.07, 6.45) is 1.75. The van der Waals surface area contributed by atoms with Crippen molar-refractivity contribution in [2.24, 2.45) is 0 Å². The lowest BCUT2D eigenvalue weighted by Crippen LogP contribution is -2.37. The van der Waals surface area contributed by atoms with Crippen LogP contribution in [0.2, 0.25) is 0 Å². The van der Waals surface area contributed by atoms with E-state index in [1.54, 1.807) is 13.0 Å². The van der Waals surface area contributed by atoms with Crippen LogP contribution in [-0.4, -0.2) is 23.5 Å². The van der Waals surface area contributed by atoms with E-state index >= 15 is 0 Å². The van der Waals surface area contributed by atoms with Gasteiger partial charge in [-0.1, -0.05) is 6.07 Å². The van der Waals surface area contributed by atoms with E-state index in [0.717, 1.165) is 6.07 Å². The molecule has 2 rings (SSSR count). The van der Waals surface area contributed by atoms with E-state index < -0.39 is 23.7 Å². The second-order valence-corrected chi connectivity index (χ2v) is 4.70. The lowest BCUT2D eigenvalue weighted by atomic mass is 10.2. The fraction of sp³-hybridized carbons (Fsp3) is 0.200. The van der Waals surface area contributed by atoms with Crippen LogP contribution in [0.5, 0.6) is 0 Å². The molecule has 0 aliphatic carbocycles. The molecule has 0 aliphatic rings. The Labute approximate surface area is 125 Å². The number of hydrogen-bond acceptors (Lipinski definition) is 4. The van der Waals surface area contributed by atoms with Gasteiger partial charge in [0.15, 0.2) is 0 Å². The zero-order valence-corrected chi connectivity index (χ0v) is 11.8. The average Bonchev–Trinajstić information content (AvgIpc) is 3.02. The minimum Gasteiger partial charge on any atom is -0.472 e. The van der Waals surface area contributed by atoms with Crippen LogP contribution in [0.3, 0.4) is 0 Å². The van der Waals surface area contributed by atoms with Crippen molar-refractivity contribution in [1.29, 1.82) is 0 Å². The Morgan fingerprint density at radius 2 is 2.09 bits per heavy atom. The second kappa shape index (κ2) is 6.86. The van der Waals surface area contributed by atoms with Crippen molar-refractivity contribution in [1.82, 2.24) is 5.32 Å². The van der Waals surface area contributed by atoms with Gasteiger partial charge in [0.05, 0.1) is 18.6 Å². The SMILES string of the molecule is Cc1ccc(NC(=O)C(=O)NC[C@@H](O)c2ccoc2)cc1F. The predicted octanol–water partition coefficient (Wildman–Crippen LogP) is 1.52. The molecule has 6 nitrogen and oxygen atoms in total. The van der Waals surface area contributed by atoms with Crippen molar-refractivity contribution in [3.05, 3.63) is 53.7 Å². The Morgan fingerprint density at radius 1 is 1.32 bits per heavy atom. The molecule has 1 heterocycles. The largest absolute Gasteiger partial charge is 0.472 e. The molecule has 0 fully saturated rings. The highest BCUT2D eigenvalue weighted by atomic mass is 19.1. The number of rotatable bonds is 4. The molecule has 2 amide bonds. The molecule has 7 heteroatoms. The van der Waals surface area contributed by atoms with Crippen molar-refractivity contribution in [2.45, 2.75) is 13.0 Å². The third kappa shape index (κ3) is 3.92. The molecule has 0 radical (unpaired) electrons. The van der Waals surface area contributed by atoms with E-state index in [2.05, 4.69) is 10.6 Å². The van der Waals surface area contributed by atoms with E-state index in [9.17, 15) is 19.1 Å². The van der Waals surface area contributed by atoms with Gasteiger partial charge in [0.2, 0.25) is 0 Å². The number of carbonyl (C=O) groups excluding carboxylic acids is 2. The first-order valence-electron chi connectivity index (χ1n) is 6.53. The van der Waals surface area contributed by atoms with E-state index in [4.69, 9.17) is 4.42 Å². The van der Waals surface area contributed by atoms with Crippen LogP contribution in [0.1, 0.15) is 17.2 Å². The van der Waals surface area contributed by atoms with Crippen LogP contribution >= 0.6 is 0 Å². The predicted molar refractivity (Wildman–Crippen MR) is 76.4 cm³/mol. The van der Waals surface area contributed by atoms with E-state index in [1.165, 1.54) is 24.7 Å². The van der Waals surface area contributed by atoms with Gasteiger partial charge in [0, 0.05) is 17.8 Å². The molecule has 1 aromatic heterocycles. The highest BCUT2D eigenvalue weighted by Gasteiger charge is 2.16. The number of aryl methyl sites for hydroxylation is 1. The number of nitrogens with one attached hydrogen (secondary N) is 2. The molecule has 0 saturated heterocycles. The summed E-state index contributed by atoms with van der Waals surface area (Å²) < 4.78 is 18.2. The number of carbonyl (C=O) groups is 2. The summed E-state index contributed by atoms with van der Waals surface area (Å²) in [5, 5.41) is 14.3. The first-order chi connectivity index (χ1) is 10.5. The molecule has 0 saturated carbocycles. The summed E-state index contributed by atoms with van der Waals surface area (Å²) in [5.74, 6) is -2.35. The lowest BCUT2D eigenvalue weighted by Gasteiger charge is -2.10. The van der Waals surface area contributed by atoms with Gasteiger partial charge in [-0.05, 0) is 30.7 Å². The van der Waals surface area contributed by atoms with Crippen molar-refractivity contribution in [2.75, 3.05) is 11.9 Å². The smallest absolute Gasteiger partial charge is 0.313 e. The van der Waals surface area contributed by atoms with Gasteiger partial charge in [-0.15, -0.1) is 0 Å². The van der Waals surface area contributed by atoms with Gasteiger partial charge in [-0.25, -0.2) is 4.39 Å². The van der Waals surface area contributed by atoms with Gasteiger partial charge >= 0.3 is 11.8 Å². The molecule has 0 aliphatic heterocycles. The maximum absolute atomic E-state index is 13.3. The fourth-order valence-corrected chi connectivity index (χ4v) is 1.71. The molecule has 2 aromatic rings. The Hall–Kier alpha value is -2.67. The number of aliphatic hydroxyl groups is 1. The Kier molecular flexibility index (Phi) is 4.90. The third-order valence-electron chi connectivity index (χ3n) is 3.02. The maximum Gasteiger partial charge on any atom is 0.313 e. The summed E-state index contributed by atoms with van der Waals surface area (Å²) in [4.78, 5) is 23.3. The van der Waals surface area contributed by atoms with E-state index in [-0.39, 0.29) is 12.2 Å². The molecular formula is C15H15FN2O4. The third-order valence-corrected chi connectivity index (χ3v) is 3.02. The second-order valence-electron chi connectivity index (χ2n) is 4.70. The topological polar surface area (TPSA) is 91.6 Å². The number of aliphatic hydroxyl groups excluding tert-OH is 1. The van der Waals surface area contributed by atoms with Crippen LogP contribution in [0.15, 0.2) is 41.2 Å². The van der Waals surface area contributed by atoms with Gasteiger partial charge in [0.25, 0.3) is 0 Å². The summed E-state index contributed by atoms with van der Waals surface area (Å²) >= 11 is 0. The Morgan fingerprint density at radius 3 is 2.73 bits per heavy atom. The minimum absolute atomic E-state index is 0.145. The molecule has 22 heavy (non-hydrogen) atoms. The fourth-order valence-electron chi connectivity index (χ4n) is 1.71. The van der Waals surface area contributed by atoms with Crippen molar-refractivity contribution in [3.63, 3.8) is 0 Å². The van der Waals surface area contributed by atoms with Crippen LogP contribution < -0.4 is 10.6 Å². The standard InChI is InChI=1S/C15H15FN2O4/c1-9-2-3-11(6-12(9)16)18-15(21)14(20)17-7-13(19)10-4-5-22-8-10/h2-6,8,13,19H,7H2,1H3,(H,17,20)(H,18,21)/t13-/m1/s1. The van der Waals surface area contributed by atoms with Crippen LogP contribution in [0, 0.1) is 12.7 Å². The Bertz CT molecular complexity index is 670. The quantitative estimate of drug-likeness (QED) is 0.747. The zero-order chi connectivity index (χ0) is 16.1. The Balaban J connectivity index is 1.86. The summed E-state index contributed by atoms with van der Waals surface area (Å²) in [7, 11) is 0. The van der Waals surface area contributed by atoms with Gasteiger partial charge < -0.3 is 20.2 Å². The summed E-state index contributed by atoms with van der Waals surface area (Å²) in [5.41, 5.74) is 1.10. The first-order valence-corrected chi connectivity index (χ1v) is 6.53. The molecule has 0 unspecified atom stereocenters. The molecule has 1 atom stereocenters. The molecule has 0 bridgehead atoms. The number of hydrogen-bond donors (Lipinski definition) is 3.